The fourth-order valence-electron chi connectivity index (χ4n) is 4.99. The Hall–Kier alpha value is -2.47. The molecule has 1 amide bonds. The van der Waals surface area contributed by atoms with Crippen molar-refractivity contribution in [2.24, 2.45) is 0 Å². The fraction of sp³-hybridized carbons (Fsp3) is 0.560. The van der Waals surface area contributed by atoms with E-state index in [1.165, 1.54) is 45.4 Å². The number of anilines is 1. The summed E-state index contributed by atoms with van der Waals surface area (Å²) in [7, 11) is 0. The van der Waals surface area contributed by atoms with Crippen LogP contribution in [0.15, 0.2) is 24.3 Å². The summed E-state index contributed by atoms with van der Waals surface area (Å²) < 4.78 is 0. The molecule has 0 radical (unpaired) electrons. The zero-order valence-corrected chi connectivity index (χ0v) is 18.8. The molecule has 6 heteroatoms. The lowest BCUT2D eigenvalue weighted by molar-refractivity contribution is -0.117. The van der Waals surface area contributed by atoms with Gasteiger partial charge in [0.15, 0.2) is 0 Å². The number of amides is 1. The highest BCUT2D eigenvalue weighted by molar-refractivity contribution is 6.10. The summed E-state index contributed by atoms with van der Waals surface area (Å²) in [4.78, 5) is 18.8. The summed E-state index contributed by atoms with van der Waals surface area (Å²) in [5.41, 5.74) is 2.78. The van der Waals surface area contributed by atoms with Crippen molar-refractivity contribution in [3.63, 3.8) is 0 Å². The van der Waals surface area contributed by atoms with Crippen LogP contribution in [0.3, 0.4) is 0 Å². The van der Waals surface area contributed by atoms with Crippen LogP contribution in [0.5, 0.6) is 0 Å². The zero-order chi connectivity index (χ0) is 21.8. The molecule has 0 bridgehead atoms. The number of hydrogen-bond donors (Lipinski definition) is 3. The topological polar surface area (TPSA) is 81.1 Å². The lowest BCUT2D eigenvalue weighted by atomic mass is 10.0. The quantitative estimate of drug-likeness (QED) is 0.391. The van der Waals surface area contributed by atoms with Gasteiger partial charge in [0, 0.05) is 37.5 Å². The Labute approximate surface area is 185 Å². The molecule has 2 aliphatic rings. The first-order chi connectivity index (χ1) is 15.0. The Morgan fingerprint density at radius 1 is 1.03 bits per heavy atom. The van der Waals surface area contributed by atoms with Gasteiger partial charge in [-0.15, -0.1) is 0 Å². The lowest BCUT2D eigenvalue weighted by Gasteiger charge is -2.36. The Kier molecular flexibility index (Phi) is 6.86. The second-order valence-electron chi connectivity index (χ2n) is 9.23. The number of rotatable bonds is 4. The highest BCUT2D eigenvalue weighted by Gasteiger charge is 2.25. The highest BCUT2D eigenvalue weighted by atomic mass is 16.1. The molecule has 1 aromatic heterocycles. The Morgan fingerprint density at radius 2 is 1.71 bits per heavy atom. The number of pyridine rings is 1. The molecule has 2 fully saturated rings. The molecule has 1 aliphatic heterocycles. The van der Waals surface area contributed by atoms with Crippen molar-refractivity contribution in [1.82, 2.24) is 15.6 Å². The average Bonchev–Trinajstić information content (AvgIpc) is 3.01. The number of amidine groups is 1. The number of nitrogens with one attached hydrogen (secondary N) is 3. The first-order valence-electron chi connectivity index (χ1n) is 11.8. The molecule has 0 atom stereocenters. The van der Waals surface area contributed by atoms with E-state index in [4.69, 9.17) is 10.4 Å². The molecule has 1 saturated heterocycles. The number of nitrogens with zero attached hydrogens (tertiary/aromatic N) is 2. The van der Waals surface area contributed by atoms with Crippen molar-refractivity contribution in [1.29, 1.82) is 5.41 Å². The van der Waals surface area contributed by atoms with Gasteiger partial charge in [-0.25, -0.2) is 4.98 Å². The monoisotopic (exact) mass is 421 g/mol. The molecule has 1 aromatic carbocycles. The molecule has 0 unspecified atom stereocenters. The summed E-state index contributed by atoms with van der Waals surface area (Å²) in [6, 6.07) is 9.42. The van der Waals surface area contributed by atoms with Crippen LogP contribution in [0.25, 0.3) is 10.9 Å². The molecule has 3 N–H and O–H groups in total. The van der Waals surface area contributed by atoms with Crippen LogP contribution < -0.4 is 15.5 Å². The summed E-state index contributed by atoms with van der Waals surface area (Å²) in [6.45, 7) is 5.32. The fourth-order valence-corrected chi connectivity index (χ4v) is 4.99. The molecule has 6 nitrogen and oxygen atoms in total. The van der Waals surface area contributed by atoms with E-state index in [-0.39, 0.29) is 11.7 Å². The molecule has 31 heavy (non-hydrogen) atoms. The number of piperidine rings is 1. The number of fused-ring (bicyclic) bond motifs is 1. The second kappa shape index (κ2) is 9.77. The van der Waals surface area contributed by atoms with Crippen LogP contribution in [0, 0.1) is 12.3 Å². The van der Waals surface area contributed by atoms with Gasteiger partial charge in [-0.05, 0) is 50.8 Å². The zero-order valence-electron chi connectivity index (χ0n) is 18.8. The van der Waals surface area contributed by atoms with E-state index in [0.29, 0.717) is 17.6 Å². The number of hydrogen-bond acceptors (Lipinski definition) is 5. The van der Waals surface area contributed by atoms with Gasteiger partial charge in [0.25, 0.3) is 0 Å². The third-order valence-electron chi connectivity index (χ3n) is 6.64. The minimum atomic E-state index is -0.230. The van der Waals surface area contributed by atoms with E-state index < -0.39 is 0 Å². The van der Waals surface area contributed by atoms with E-state index in [2.05, 4.69) is 34.6 Å². The molecule has 1 aliphatic carbocycles. The van der Waals surface area contributed by atoms with E-state index in [9.17, 15) is 4.79 Å². The summed E-state index contributed by atoms with van der Waals surface area (Å²) in [6.07, 6.45) is 10.2. The van der Waals surface area contributed by atoms with Gasteiger partial charge in [0.1, 0.15) is 11.7 Å². The van der Waals surface area contributed by atoms with Crippen LogP contribution in [-0.4, -0.2) is 41.9 Å². The van der Waals surface area contributed by atoms with Crippen LogP contribution in [0.1, 0.15) is 69.4 Å². The van der Waals surface area contributed by atoms with Gasteiger partial charge in [0.05, 0.1) is 11.1 Å². The molecular weight excluding hydrogens is 386 g/mol. The van der Waals surface area contributed by atoms with Crippen LogP contribution >= 0.6 is 0 Å². The van der Waals surface area contributed by atoms with Crippen LogP contribution in [0.2, 0.25) is 0 Å². The van der Waals surface area contributed by atoms with Crippen molar-refractivity contribution < 1.29 is 4.79 Å². The van der Waals surface area contributed by atoms with Gasteiger partial charge >= 0.3 is 0 Å². The number of aryl methyl sites for hydroxylation is 1. The normalized spacial score (nSPS) is 18.7. The molecule has 2 heterocycles. The largest absolute Gasteiger partial charge is 0.356 e. The van der Waals surface area contributed by atoms with Crippen LogP contribution in [-0.2, 0) is 4.79 Å². The summed E-state index contributed by atoms with van der Waals surface area (Å²) in [5.74, 6) is 0.701. The molecule has 2 aromatic rings. The average molecular weight is 422 g/mol. The van der Waals surface area contributed by atoms with Crippen molar-refractivity contribution in [2.45, 2.75) is 77.3 Å². The Bertz CT molecular complexity index is 940. The Balaban J connectivity index is 1.52. The first-order valence-corrected chi connectivity index (χ1v) is 11.8. The van der Waals surface area contributed by atoms with Gasteiger partial charge < -0.3 is 15.5 Å². The second-order valence-corrected chi connectivity index (χ2v) is 9.23. The van der Waals surface area contributed by atoms with E-state index >= 15 is 0 Å². The maximum atomic E-state index is 11.6. The first kappa shape index (κ1) is 21.8. The Morgan fingerprint density at radius 3 is 2.39 bits per heavy atom. The number of aromatic nitrogens is 1. The smallest absolute Gasteiger partial charge is 0.222 e. The summed E-state index contributed by atoms with van der Waals surface area (Å²) in [5, 5.41) is 16.0. The standard InChI is InChI=1S/C25H35N5O/c1-17-9-10-23-19(15-17)16-22(24(26)27-18(2)31)25(29-23)30-13-11-21(12-14-30)28-20-7-5-3-4-6-8-20/h9-10,15-16,20-21,28H,3-8,11-14H2,1-2H3,(H2,26,27,31). The van der Waals surface area contributed by atoms with Gasteiger partial charge in [-0.1, -0.05) is 37.3 Å². The predicted molar refractivity (Wildman–Crippen MR) is 127 cm³/mol. The molecule has 0 spiro atoms. The van der Waals surface area contributed by atoms with E-state index in [1.54, 1.807) is 0 Å². The lowest BCUT2D eigenvalue weighted by Crippen LogP contribution is -2.46. The maximum absolute atomic E-state index is 11.6. The highest BCUT2D eigenvalue weighted by Crippen LogP contribution is 2.28. The third kappa shape index (κ3) is 5.42. The number of benzene rings is 1. The van der Waals surface area contributed by atoms with Crippen molar-refractivity contribution >= 4 is 28.5 Å². The van der Waals surface area contributed by atoms with Gasteiger partial charge in [0.2, 0.25) is 5.91 Å². The predicted octanol–water partition coefficient (Wildman–Crippen LogP) is 4.29. The molecule has 1 saturated carbocycles. The molecule has 166 valence electrons. The van der Waals surface area contributed by atoms with Gasteiger partial charge in [-0.3, -0.25) is 10.2 Å². The van der Waals surface area contributed by atoms with Crippen molar-refractivity contribution in [3.8, 4) is 0 Å². The van der Waals surface area contributed by atoms with E-state index in [1.807, 2.05) is 12.1 Å². The van der Waals surface area contributed by atoms with Crippen molar-refractivity contribution in [3.05, 3.63) is 35.4 Å². The molecule has 4 rings (SSSR count). The number of carbonyl (C=O) groups excluding carboxylic acids is 1. The maximum Gasteiger partial charge on any atom is 0.222 e. The molecular formula is C25H35N5O. The van der Waals surface area contributed by atoms with Crippen LogP contribution in [0.4, 0.5) is 5.82 Å². The summed E-state index contributed by atoms with van der Waals surface area (Å²) >= 11 is 0. The van der Waals surface area contributed by atoms with Gasteiger partial charge in [-0.2, -0.15) is 0 Å². The third-order valence-corrected chi connectivity index (χ3v) is 6.64. The van der Waals surface area contributed by atoms with E-state index in [0.717, 1.165) is 48.2 Å². The minimum Gasteiger partial charge on any atom is -0.356 e. The SMILES string of the molecule is CC(=O)NC(=N)c1cc2cc(C)ccc2nc1N1CCC(NC2CCCCCC2)CC1. The van der Waals surface area contributed by atoms with Crippen molar-refractivity contribution in [2.75, 3.05) is 18.0 Å². The minimum absolute atomic E-state index is 0.122. The number of carbonyl (C=O) groups is 1.